The summed E-state index contributed by atoms with van der Waals surface area (Å²) in [6.07, 6.45) is 1.04. The molecule has 2 rings (SSSR count). The molecule has 1 heterocycles. The van der Waals surface area contributed by atoms with Crippen LogP contribution in [0.4, 0.5) is 0 Å². The summed E-state index contributed by atoms with van der Waals surface area (Å²) < 4.78 is 5.45. The summed E-state index contributed by atoms with van der Waals surface area (Å²) >= 11 is 0. The fourth-order valence-corrected chi connectivity index (χ4v) is 1.64. The van der Waals surface area contributed by atoms with Crippen LogP contribution in [0.5, 0.6) is 5.88 Å². The van der Waals surface area contributed by atoms with Gasteiger partial charge in [-0.1, -0.05) is 37.3 Å². The number of hydrogen-bond acceptors (Lipinski definition) is 4. The quantitative estimate of drug-likeness (QED) is 0.890. The zero-order chi connectivity index (χ0) is 13.7. The third-order valence-electron chi connectivity index (χ3n) is 2.63. The van der Waals surface area contributed by atoms with E-state index in [1.807, 2.05) is 13.0 Å². The van der Waals surface area contributed by atoms with Crippen molar-refractivity contribution in [2.75, 3.05) is 0 Å². The molecule has 1 aromatic carbocycles. The standard InChI is InChI=1S/C14H14N2O3/c1-2-11-8-12(16-9-15-11)19-13(14(17)18)10-6-4-3-5-7-10/h3-9,13H,2H2,1H3,(H,17,18). The lowest BCUT2D eigenvalue weighted by Crippen LogP contribution is -2.18. The molecule has 5 heteroatoms. The Kier molecular flexibility index (Phi) is 4.07. The van der Waals surface area contributed by atoms with E-state index >= 15 is 0 Å². The molecule has 0 spiro atoms. The molecule has 5 nitrogen and oxygen atoms in total. The van der Waals surface area contributed by atoms with Gasteiger partial charge in [0.25, 0.3) is 0 Å². The monoisotopic (exact) mass is 258 g/mol. The third-order valence-corrected chi connectivity index (χ3v) is 2.63. The Morgan fingerprint density at radius 1 is 1.32 bits per heavy atom. The highest BCUT2D eigenvalue weighted by Crippen LogP contribution is 2.20. The van der Waals surface area contributed by atoms with Crippen molar-refractivity contribution in [1.82, 2.24) is 9.97 Å². The van der Waals surface area contributed by atoms with Gasteiger partial charge in [0.15, 0.2) is 0 Å². The molecule has 0 aliphatic heterocycles. The number of ether oxygens (including phenoxy) is 1. The van der Waals surface area contributed by atoms with E-state index in [4.69, 9.17) is 4.74 Å². The van der Waals surface area contributed by atoms with E-state index in [1.54, 1.807) is 30.3 Å². The lowest BCUT2D eigenvalue weighted by molar-refractivity contribution is -0.145. The predicted molar refractivity (Wildman–Crippen MR) is 68.9 cm³/mol. The second kappa shape index (κ2) is 5.95. The van der Waals surface area contributed by atoms with Crippen LogP contribution in [-0.2, 0) is 11.2 Å². The van der Waals surface area contributed by atoms with Crippen molar-refractivity contribution in [3.63, 3.8) is 0 Å². The molecule has 0 aliphatic rings. The van der Waals surface area contributed by atoms with Gasteiger partial charge in [-0.05, 0) is 6.42 Å². The van der Waals surface area contributed by atoms with Crippen molar-refractivity contribution in [1.29, 1.82) is 0 Å². The fourth-order valence-electron chi connectivity index (χ4n) is 1.64. The van der Waals surface area contributed by atoms with Crippen molar-refractivity contribution in [2.45, 2.75) is 19.4 Å². The summed E-state index contributed by atoms with van der Waals surface area (Å²) in [5.74, 6) is -0.786. The first kappa shape index (κ1) is 13.0. The van der Waals surface area contributed by atoms with E-state index in [1.165, 1.54) is 6.33 Å². The van der Waals surface area contributed by atoms with Crippen LogP contribution >= 0.6 is 0 Å². The van der Waals surface area contributed by atoms with Gasteiger partial charge in [0.1, 0.15) is 6.33 Å². The predicted octanol–water partition coefficient (Wildman–Crippen LogP) is 2.24. The summed E-state index contributed by atoms with van der Waals surface area (Å²) in [7, 11) is 0. The number of benzene rings is 1. The molecular weight excluding hydrogens is 244 g/mol. The molecule has 1 N–H and O–H groups in total. The molecule has 19 heavy (non-hydrogen) atoms. The molecule has 1 atom stereocenters. The second-order valence-corrected chi connectivity index (χ2v) is 3.95. The summed E-state index contributed by atoms with van der Waals surface area (Å²) in [4.78, 5) is 19.3. The molecule has 0 saturated carbocycles. The van der Waals surface area contributed by atoms with Crippen LogP contribution in [0.15, 0.2) is 42.7 Å². The van der Waals surface area contributed by atoms with Crippen molar-refractivity contribution in [3.8, 4) is 5.88 Å². The molecular formula is C14H14N2O3. The van der Waals surface area contributed by atoms with Crippen LogP contribution in [0.1, 0.15) is 24.3 Å². The molecule has 1 aromatic heterocycles. The Labute approximate surface area is 110 Å². The first-order valence-electron chi connectivity index (χ1n) is 5.96. The highest BCUT2D eigenvalue weighted by Gasteiger charge is 2.22. The van der Waals surface area contributed by atoms with Gasteiger partial charge < -0.3 is 9.84 Å². The lowest BCUT2D eigenvalue weighted by atomic mass is 10.1. The minimum Gasteiger partial charge on any atom is -0.478 e. The third kappa shape index (κ3) is 3.28. The number of aliphatic carboxylic acids is 1. The molecule has 98 valence electrons. The van der Waals surface area contributed by atoms with Crippen molar-refractivity contribution in [2.24, 2.45) is 0 Å². The highest BCUT2D eigenvalue weighted by atomic mass is 16.5. The number of nitrogens with zero attached hydrogens (tertiary/aromatic N) is 2. The molecule has 0 amide bonds. The van der Waals surface area contributed by atoms with Crippen LogP contribution in [0.25, 0.3) is 0 Å². The Morgan fingerprint density at radius 3 is 2.68 bits per heavy atom. The summed E-state index contributed by atoms with van der Waals surface area (Å²) in [5.41, 5.74) is 1.38. The number of carboxylic acid groups (broad SMARTS) is 1. The summed E-state index contributed by atoms with van der Waals surface area (Å²) in [5, 5.41) is 9.25. The van der Waals surface area contributed by atoms with Gasteiger partial charge in [0, 0.05) is 17.3 Å². The maximum atomic E-state index is 11.3. The van der Waals surface area contributed by atoms with E-state index in [9.17, 15) is 9.90 Å². The van der Waals surface area contributed by atoms with Crippen LogP contribution in [0, 0.1) is 0 Å². The van der Waals surface area contributed by atoms with Crippen molar-refractivity contribution >= 4 is 5.97 Å². The topological polar surface area (TPSA) is 72.3 Å². The summed E-state index contributed by atoms with van der Waals surface area (Å²) in [6, 6.07) is 10.4. The maximum absolute atomic E-state index is 11.3. The van der Waals surface area contributed by atoms with E-state index in [2.05, 4.69) is 9.97 Å². The first-order valence-corrected chi connectivity index (χ1v) is 5.96. The SMILES string of the molecule is CCc1cc(OC(C(=O)O)c2ccccc2)ncn1. The van der Waals surface area contributed by atoms with Crippen molar-refractivity contribution in [3.05, 3.63) is 54.0 Å². The Hall–Kier alpha value is -2.43. The number of carboxylic acids is 1. The van der Waals surface area contributed by atoms with Gasteiger partial charge in [-0.25, -0.2) is 14.8 Å². The largest absolute Gasteiger partial charge is 0.478 e. The molecule has 0 saturated heterocycles. The van der Waals surface area contributed by atoms with Crippen LogP contribution in [0.2, 0.25) is 0 Å². The molecule has 0 aliphatic carbocycles. The Balaban J connectivity index is 2.24. The van der Waals surface area contributed by atoms with E-state index in [0.29, 0.717) is 5.56 Å². The Morgan fingerprint density at radius 2 is 2.05 bits per heavy atom. The average Bonchev–Trinajstić information content (AvgIpc) is 2.45. The van der Waals surface area contributed by atoms with E-state index < -0.39 is 12.1 Å². The molecule has 0 fully saturated rings. The molecule has 0 bridgehead atoms. The second-order valence-electron chi connectivity index (χ2n) is 3.95. The fraction of sp³-hybridized carbons (Fsp3) is 0.214. The van der Waals surface area contributed by atoms with Gasteiger partial charge >= 0.3 is 5.97 Å². The Bertz CT molecular complexity index is 558. The number of aryl methyl sites for hydroxylation is 1. The highest BCUT2D eigenvalue weighted by molar-refractivity contribution is 5.74. The smallest absolute Gasteiger partial charge is 0.349 e. The van der Waals surface area contributed by atoms with Gasteiger partial charge in [-0.3, -0.25) is 0 Å². The maximum Gasteiger partial charge on any atom is 0.349 e. The minimum absolute atomic E-state index is 0.267. The zero-order valence-corrected chi connectivity index (χ0v) is 10.5. The average molecular weight is 258 g/mol. The first-order chi connectivity index (χ1) is 9.20. The van der Waals surface area contributed by atoms with Crippen LogP contribution in [0.3, 0.4) is 0 Å². The summed E-state index contributed by atoms with van der Waals surface area (Å²) in [6.45, 7) is 1.96. The van der Waals surface area contributed by atoms with Gasteiger partial charge in [-0.2, -0.15) is 0 Å². The number of hydrogen-bond donors (Lipinski definition) is 1. The minimum atomic E-state index is -1.07. The van der Waals surface area contributed by atoms with Gasteiger partial charge in [0.2, 0.25) is 12.0 Å². The lowest BCUT2D eigenvalue weighted by Gasteiger charge is -2.14. The van der Waals surface area contributed by atoms with Crippen molar-refractivity contribution < 1.29 is 14.6 Å². The van der Waals surface area contributed by atoms with E-state index in [-0.39, 0.29) is 5.88 Å². The number of aromatic nitrogens is 2. The van der Waals surface area contributed by atoms with Crippen LogP contribution in [-0.4, -0.2) is 21.0 Å². The normalized spacial score (nSPS) is 11.8. The van der Waals surface area contributed by atoms with Gasteiger partial charge in [0.05, 0.1) is 0 Å². The zero-order valence-electron chi connectivity index (χ0n) is 10.5. The van der Waals surface area contributed by atoms with E-state index in [0.717, 1.165) is 12.1 Å². The molecule has 1 unspecified atom stereocenters. The number of carbonyl (C=O) groups is 1. The molecule has 2 aromatic rings. The van der Waals surface area contributed by atoms with Crippen LogP contribution < -0.4 is 4.74 Å². The number of rotatable bonds is 5. The molecule has 0 radical (unpaired) electrons. The van der Waals surface area contributed by atoms with Gasteiger partial charge in [-0.15, -0.1) is 0 Å².